The van der Waals surface area contributed by atoms with Gasteiger partial charge >= 0.3 is 0 Å². The van der Waals surface area contributed by atoms with Crippen molar-refractivity contribution in [3.05, 3.63) is 82.5 Å². The number of rotatable bonds is 7. The number of aliphatic hydroxyl groups excluding tert-OH is 1. The minimum Gasteiger partial charge on any atom is -0.440 e. The molecule has 1 aliphatic rings. The van der Waals surface area contributed by atoms with Crippen LogP contribution < -0.4 is 15.6 Å². The number of amides is 1. The maximum atomic E-state index is 13.8. The van der Waals surface area contributed by atoms with Crippen molar-refractivity contribution in [1.29, 1.82) is 0 Å². The van der Waals surface area contributed by atoms with Gasteiger partial charge in [-0.05, 0) is 31.2 Å². The van der Waals surface area contributed by atoms with Crippen LogP contribution in [-0.2, 0) is 4.74 Å². The quantitative estimate of drug-likeness (QED) is 0.460. The summed E-state index contributed by atoms with van der Waals surface area (Å²) >= 11 is 0. The van der Waals surface area contributed by atoms with Crippen LogP contribution in [0.3, 0.4) is 0 Å². The fourth-order valence-corrected chi connectivity index (χ4v) is 4.09. The van der Waals surface area contributed by atoms with Crippen molar-refractivity contribution in [2.75, 3.05) is 56.7 Å². The topological polar surface area (TPSA) is 95.3 Å². The first-order valence-corrected chi connectivity index (χ1v) is 11.8. The van der Waals surface area contributed by atoms with Crippen LogP contribution in [0.5, 0.6) is 0 Å². The number of aliphatic hydroxyl groups is 1. The maximum Gasteiger partial charge on any atom is 0.253 e. The van der Waals surface area contributed by atoms with E-state index in [1.807, 2.05) is 4.90 Å². The Kier molecular flexibility index (Phi) is 9.37. The Balaban J connectivity index is 0.00000186. The molecule has 1 aromatic heterocycles. The zero-order valence-electron chi connectivity index (χ0n) is 20.9. The molecule has 2 aromatic carbocycles. The molecule has 3 aromatic rings. The number of anilines is 2. The number of hydrogen-bond acceptors (Lipinski definition) is 7. The summed E-state index contributed by atoms with van der Waals surface area (Å²) in [6.07, 6.45) is 0. The van der Waals surface area contributed by atoms with E-state index < -0.39 is 17.7 Å². The summed E-state index contributed by atoms with van der Waals surface area (Å²) in [5.74, 6) is -1.48. The maximum absolute atomic E-state index is 13.8. The smallest absolute Gasteiger partial charge is 0.253 e. The van der Waals surface area contributed by atoms with Crippen molar-refractivity contribution in [3.63, 3.8) is 0 Å². The Labute approximate surface area is 213 Å². The molecule has 0 radical (unpaired) electrons. The molecule has 1 fully saturated rings. The monoisotopic (exact) mass is 515 g/mol. The summed E-state index contributed by atoms with van der Waals surface area (Å²) < 4.78 is 39.1. The van der Waals surface area contributed by atoms with Gasteiger partial charge in [-0.25, -0.2) is 8.78 Å². The Morgan fingerprint density at radius 2 is 1.78 bits per heavy atom. The minimum atomic E-state index is -0.736. The number of likely N-dealkylation sites (N-methyl/N-ethyl adjacent to an activating group) is 1. The van der Waals surface area contributed by atoms with Crippen molar-refractivity contribution in [1.82, 2.24) is 4.90 Å². The third-order valence-corrected chi connectivity index (χ3v) is 5.91. The third kappa shape index (κ3) is 6.52. The average molecular weight is 516 g/mol. The van der Waals surface area contributed by atoms with E-state index in [1.54, 1.807) is 20.0 Å². The number of carbonyl (C=O) groups is 1. The zero-order chi connectivity index (χ0) is 27.1. The summed E-state index contributed by atoms with van der Waals surface area (Å²) in [4.78, 5) is 29.3. The molecule has 1 atom stereocenters. The molecule has 0 spiro atoms. The highest BCUT2D eigenvalue weighted by molar-refractivity contribution is 5.98. The second-order valence-corrected chi connectivity index (χ2v) is 8.46. The van der Waals surface area contributed by atoms with Gasteiger partial charge in [0, 0.05) is 55.6 Å². The van der Waals surface area contributed by atoms with Gasteiger partial charge < -0.3 is 29.4 Å². The van der Waals surface area contributed by atoms with E-state index in [2.05, 4.69) is 18.5 Å². The summed E-state index contributed by atoms with van der Waals surface area (Å²) in [5.41, 5.74) is 0.854. The molecular formula is C27H31F2N3O5. The van der Waals surface area contributed by atoms with Crippen molar-refractivity contribution in [2.24, 2.45) is 0 Å². The van der Waals surface area contributed by atoms with E-state index in [9.17, 15) is 23.5 Å². The van der Waals surface area contributed by atoms with Crippen LogP contribution >= 0.6 is 0 Å². The lowest BCUT2D eigenvalue weighted by molar-refractivity contribution is 0.0767. The first kappa shape index (κ1) is 27.8. The first-order valence-electron chi connectivity index (χ1n) is 11.8. The highest BCUT2D eigenvalue weighted by Gasteiger charge is 2.22. The number of halogens is 2. The Morgan fingerprint density at radius 3 is 2.41 bits per heavy atom. The second-order valence-electron chi connectivity index (χ2n) is 8.46. The molecule has 1 amide bonds. The SMILES string of the molecule is C=C.CC(Nc1cc(F)cc(F)c1)c1cc(C(=O)N(C)CCO)cc2c(=O)cc(N3CCOCC3)oc12. The van der Waals surface area contributed by atoms with Crippen LogP contribution in [0, 0.1) is 11.6 Å². The summed E-state index contributed by atoms with van der Waals surface area (Å²) in [5, 5.41) is 12.4. The highest BCUT2D eigenvalue weighted by atomic mass is 19.1. The van der Waals surface area contributed by atoms with Crippen molar-refractivity contribution < 1.29 is 27.8 Å². The normalized spacial score (nSPS) is 14.0. The first-order chi connectivity index (χ1) is 17.8. The molecule has 1 saturated heterocycles. The predicted octanol–water partition coefficient (Wildman–Crippen LogP) is 3.95. The van der Waals surface area contributed by atoms with Crippen LogP contribution in [-0.4, -0.2) is 62.4 Å². The molecule has 0 aliphatic carbocycles. The van der Waals surface area contributed by atoms with Crippen molar-refractivity contribution >= 4 is 28.4 Å². The molecule has 198 valence electrons. The fourth-order valence-electron chi connectivity index (χ4n) is 4.09. The van der Waals surface area contributed by atoms with Crippen molar-refractivity contribution in [2.45, 2.75) is 13.0 Å². The van der Waals surface area contributed by atoms with Crippen LogP contribution in [0.2, 0.25) is 0 Å². The van der Waals surface area contributed by atoms with Crippen molar-refractivity contribution in [3.8, 4) is 0 Å². The van der Waals surface area contributed by atoms with Gasteiger partial charge in [-0.2, -0.15) is 0 Å². The lowest BCUT2D eigenvalue weighted by Gasteiger charge is -2.27. The molecular weight excluding hydrogens is 484 g/mol. The standard InChI is InChI=1S/C25H27F2N3O5.C2H4/c1-15(28-19-12-17(26)11-18(27)13-19)20-9-16(25(33)29(2)3-6-31)10-21-22(32)14-23(35-24(20)21)30-4-7-34-8-5-30;1-2/h9-15,28,31H,3-8H2,1-2H3;1-2H2. The Morgan fingerprint density at radius 1 is 1.14 bits per heavy atom. The average Bonchev–Trinajstić information content (AvgIpc) is 2.89. The third-order valence-electron chi connectivity index (χ3n) is 5.91. The highest BCUT2D eigenvalue weighted by Crippen LogP contribution is 2.31. The van der Waals surface area contributed by atoms with Gasteiger partial charge in [-0.1, -0.05) is 0 Å². The molecule has 10 heteroatoms. The van der Waals surface area contributed by atoms with E-state index >= 15 is 0 Å². The predicted molar refractivity (Wildman–Crippen MR) is 139 cm³/mol. The van der Waals surface area contributed by atoms with E-state index in [4.69, 9.17) is 9.15 Å². The van der Waals surface area contributed by atoms with Gasteiger partial charge in [0.15, 0.2) is 11.3 Å². The molecule has 4 rings (SSSR count). The molecule has 2 N–H and O–H groups in total. The number of ether oxygens (including phenoxy) is 1. The molecule has 0 saturated carbocycles. The van der Waals surface area contributed by atoms with E-state index in [-0.39, 0.29) is 46.7 Å². The number of hydrogen-bond donors (Lipinski definition) is 2. The van der Waals surface area contributed by atoms with E-state index in [0.29, 0.717) is 37.8 Å². The van der Waals surface area contributed by atoms with Gasteiger partial charge in [0.1, 0.15) is 17.2 Å². The lowest BCUT2D eigenvalue weighted by atomic mass is 9.99. The summed E-state index contributed by atoms with van der Waals surface area (Å²) in [7, 11) is 1.55. The van der Waals surface area contributed by atoms with E-state index in [0.717, 1.165) is 18.2 Å². The van der Waals surface area contributed by atoms with E-state index in [1.165, 1.54) is 17.0 Å². The Bertz CT molecular complexity index is 1290. The lowest BCUT2D eigenvalue weighted by Crippen LogP contribution is -2.36. The van der Waals surface area contributed by atoms with Crippen LogP contribution in [0.15, 0.2) is 58.8 Å². The van der Waals surface area contributed by atoms with Gasteiger partial charge in [-0.3, -0.25) is 9.59 Å². The van der Waals surface area contributed by atoms with Gasteiger partial charge in [0.05, 0.1) is 31.2 Å². The minimum absolute atomic E-state index is 0.118. The zero-order valence-corrected chi connectivity index (χ0v) is 20.9. The van der Waals surface area contributed by atoms with Crippen LogP contribution in [0.1, 0.15) is 28.9 Å². The molecule has 0 bridgehead atoms. The number of fused-ring (bicyclic) bond motifs is 1. The van der Waals surface area contributed by atoms with Gasteiger partial charge in [-0.15, -0.1) is 13.2 Å². The largest absolute Gasteiger partial charge is 0.440 e. The van der Waals surface area contributed by atoms with Crippen LogP contribution in [0.4, 0.5) is 20.4 Å². The van der Waals surface area contributed by atoms with Gasteiger partial charge in [0.25, 0.3) is 5.91 Å². The molecule has 2 heterocycles. The molecule has 1 aliphatic heterocycles. The number of morpholine rings is 1. The molecule has 37 heavy (non-hydrogen) atoms. The second kappa shape index (κ2) is 12.5. The Hall–Kier alpha value is -3.76. The van der Waals surface area contributed by atoms with Crippen LogP contribution in [0.25, 0.3) is 11.0 Å². The number of carbonyl (C=O) groups excluding carboxylic acids is 1. The van der Waals surface area contributed by atoms with Gasteiger partial charge in [0.2, 0.25) is 0 Å². The molecule has 8 nitrogen and oxygen atoms in total. The summed E-state index contributed by atoms with van der Waals surface area (Å²) in [6.45, 7) is 9.77. The summed E-state index contributed by atoms with van der Waals surface area (Å²) in [6, 6.07) is 6.95. The molecule has 1 unspecified atom stereocenters. The number of nitrogens with zero attached hydrogens (tertiary/aromatic N) is 2. The number of benzene rings is 2. The fraction of sp³-hybridized carbons (Fsp3) is 0.333. The number of nitrogens with one attached hydrogen (secondary N) is 1.